The Balaban J connectivity index is 0.000000853. The van der Waals surface area contributed by atoms with Gasteiger partial charge in [0.05, 0.1) is 17.4 Å². The van der Waals surface area contributed by atoms with Crippen LogP contribution < -0.4 is 20.7 Å². The van der Waals surface area contributed by atoms with Gasteiger partial charge < -0.3 is 36.0 Å². The number of carboxylic acid groups (broad SMARTS) is 3. The van der Waals surface area contributed by atoms with Gasteiger partial charge in [-0.25, -0.2) is 9.55 Å². The molecule has 0 spiro atoms. The number of carbonyl (C=O) groups is 5. The minimum Gasteiger partial charge on any atom is -0.543 e. The van der Waals surface area contributed by atoms with E-state index in [1.165, 1.54) is 34.9 Å². The van der Waals surface area contributed by atoms with Gasteiger partial charge in [0.2, 0.25) is 11.5 Å². The van der Waals surface area contributed by atoms with E-state index in [0.717, 1.165) is 27.7 Å². The van der Waals surface area contributed by atoms with E-state index in [-0.39, 0.29) is 47.7 Å². The highest BCUT2D eigenvalue weighted by Crippen LogP contribution is 2.45. The number of nitrogen functional groups attached to an aromatic ring is 1. The highest BCUT2D eigenvalue weighted by molar-refractivity contribution is 8.07. The molecular formula is C24H24N8O9S4. The fourth-order valence-electron chi connectivity index (χ4n) is 3.73. The molecule has 3 aromatic rings. The van der Waals surface area contributed by atoms with Crippen molar-refractivity contribution in [1.29, 1.82) is 0 Å². The number of aliphatic carboxylic acids is 1. The number of rotatable bonds is 9. The van der Waals surface area contributed by atoms with E-state index in [2.05, 4.69) is 24.8 Å². The van der Waals surface area contributed by atoms with Crippen LogP contribution in [-0.4, -0.2) is 89.7 Å². The van der Waals surface area contributed by atoms with Crippen molar-refractivity contribution >= 4 is 88.0 Å². The number of thioether (sulfide) groups is 2. The molecule has 1 fully saturated rings. The van der Waals surface area contributed by atoms with Crippen molar-refractivity contribution in [3.63, 3.8) is 0 Å². The number of carboxylic acids is 1. The van der Waals surface area contributed by atoms with Crippen LogP contribution in [0.5, 0.6) is 0 Å². The van der Waals surface area contributed by atoms with Crippen molar-refractivity contribution in [3.8, 4) is 11.3 Å². The average Bonchev–Trinajstić information content (AvgIpc) is 3.66. The predicted octanol–water partition coefficient (Wildman–Crippen LogP) is -0.636. The van der Waals surface area contributed by atoms with Gasteiger partial charge in [0, 0.05) is 45.3 Å². The molecule has 2 atom stereocenters. The molecule has 0 radical (unpaired) electrons. The summed E-state index contributed by atoms with van der Waals surface area (Å²) in [5.74, 6) is -2.56. The molecule has 2 amide bonds. The molecule has 5 heterocycles. The molecule has 0 saturated carbocycles. The summed E-state index contributed by atoms with van der Waals surface area (Å²) in [5, 5.41) is 33.7. The highest BCUT2D eigenvalue weighted by atomic mass is 32.2. The molecule has 238 valence electrons. The summed E-state index contributed by atoms with van der Waals surface area (Å²) in [7, 11) is 1.92. The Morgan fingerprint density at radius 2 is 1.96 bits per heavy atom. The number of oxime groups is 1. The summed E-state index contributed by atoms with van der Waals surface area (Å²) >= 11 is 4.77. The molecule has 1 saturated heterocycles. The van der Waals surface area contributed by atoms with Crippen molar-refractivity contribution in [2.45, 2.75) is 22.7 Å². The molecule has 0 aromatic carbocycles. The van der Waals surface area contributed by atoms with Crippen molar-refractivity contribution in [3.05, 3.63) is 46.3 Å². The third-order valence-electron chi connectivity index (χ3n) is 5.53. The summed E-state index contributed by atoms with van der Waals surface area (Å²) in [6, 6.07) is 2.89. The number of pyridine rings is 1. The minimum atomic E-state index is -1.48. The topological polar surface area (TPSA) is 254 Å². The SMILES string of the molecule is CCO/N=C(\C(=O)N[C@@H]1C(=O)N2C(C(=O)[O-])=C(Sc3nc(-c4cc[n+](C)cc4)cs3)CS[C@H]12)c1nsc(N)n1.O=CO.O=CO. The Bertz CT molecular complexity index is 1600. The van der Waals surface area contributed by atoms with Crippen molar-refractivity contribution in [1.82, 2.24) is 24.6 Å². The average molecular weight is 697 g/mol. The first-order valence-corrected chi connectivity index (χ1v) is 15.9. The van der Waals surface area contributed by atoms with E-state index >= 15 is 0 Å². The number of aryl methyl sites for hydroxylation is 1. The van der Waals surface area contributed by atoms with Crippen LogP contribution in [-0.2, 0) is 35.9 Å². The van der Waals surface area contributed by atoms with Crippen LogP contribution in [0.4, 0.5) is 5.13 Å². The lowest BCUT2D eigenvalue weighted by molar-refractivity contribution is -0.671. The summed E-state index contributed by atoms with van der Waals surface area (Å²) in [6.07, 6.45) is 3.82. The van der Waals surface area contributed by atoms with Crippen LogP contribution in [0, 0.1) is 0 Å². The normalized spacial score (nSPS) is 17.0. The first-order valence-electron chi connectivity index (χ1n) is 12.3. The number of aromatic nitrogens is 4. The standard InChI is InChI=1S/C22H20N8O5S4.2CH2O2/c1-3-35-27-13(16-26-21(23)39-28-16)17(31)25-14-18(32)30-15(20(33)34)12(9-36-19(14)30)38-22-24-11(8-37-22)10-4-6-29(2)7-5-10;2*2-1-3/h4-8,14,19H,3,9H2,1-2H3,(H3-,23,25,26,28,31,33,34);2*1H,(H,2,3)/b27-13-;;/t14-,19-;;/m1../s1. The maximum absolute atomic E-state index is 13.1. The Hall–Kier alpha value is -4.60. The molecule has 0 bridgehead atoms. The molecule has 0 aliphatic carbocycles. The van der Waals surface area contributed by atoms with E-state index < -0.39 is 29.2 Å². The number of hydrogen-bond acceptors (Lipinski definition) is 16. The highest BCUT2D eigenvalue weighted by Gasteiger charge is 2.53. The number of carbonyl (C=O) groups excluding carboxylic acids is 3. The number of amides is 2. The molecule has 45 heavy (non-hydrogen) atoms. The van der Waals surface area contributed by atoms with Crippen LogP contribution in [0.1, 0.15) is 12.7 Å². The second-order valence-electron chi connectivity index (χ2n) is 8.30. The number of nitrogens with one attached hydrogen (secondary N) is 1. The number of thiazole rings is 1. The number of fused-ring (bicyclic) bond motifs is 1. The van der Waals surface area contributed by atoms with Gasteiger partial charge in [-0.05, 0) is 6.92 Å². The summed E-state index contributed by atoms with van der Waals surface area (Å²) in [5.41, 5.74) is 6.86. The molecule has 2 aliphatic heterocycles. The molecular weight excluding hydrogens is 673 g/mol. The van der Waals surface area contributed by atoms with Gasteiger partial charge in [-0.3, -0.25) is 24.1 Å². The minimum absolute atomic E-state index is 0.0374. The lowest BCUT2D eigenvalue weighted by atomic mass is 10.0. The third kappa shape index (κ3) is 8.53. The molecule has 3 aromatic heterocycles. The second kappa shape index (κ2) is 16.5. The number of anilines is 1. The van der Waals surface area contributed by atoms with E-state index in [9.17, 15) is 19.5 Å². The van der Waals surface area contributed by atoms with Gasteiger partial charge in [0.15, 0.2) is 21.9 Å². The van der Waals surface area contributed by atoms with Crippen molar-refractivity contribution in [2.24, 2.45) is 12.2 Å². The smallest absolute Gasteiger partial charge is 0.290 e. The Morgan fingerprint density at radius 1 is 1.29 bits per heavy atom. The van der Waals surface area contributed by atoms with Crippen LogP contribution in [0.15, 0.2) is 50.0 Å². The number of nitrogens with zero attached hydrogens (tertiary/aromatic N) is 6. The van der Waals surface area contributed by atoms with E-state index in [1.807, 2.05) is 41.5 Å². The van der Waals surface area contributed by atoms with Gasteiger partial charge in [-0.15, -0.1) is 23.1 Å². The Labute approximate surface area is 271 Å². The second-order valence-corrected chi connectivity index (χ2v) is 12.4. The quantitative estimate of drug-likeness (QED) is 0.0714. The fourth-order valence-corrected chi connectivity index (χ4v) is 7.62. The maximum atomic E-state index is 13.1. The van der Waals surface area contributed by atoms with Gasteiger partial charge in [0.25, 0.3) is 24.8 Å². The van der Waals surface area contributed by atoms with E-state index in [0.29, 0.717) is 9.24 Å². The number of β-lactam (4-membered cyclic amide) rings is 1. The third-order valence-corrected chi connectivity index (χ3v) is 9.56. The summed E-state index contributed by atoms with van der Waals surface area (Å²) in [4.78, 5) is 70.1. The first-order chi connectivity index (χ1) is 21.6. The van der Waals surface area contributed by atoms with Gasteiger partial charge in [-0.1, -0.05) is 16.9 Å². The molecule has 21 heteroatoms. The Morgan fingerprint density at radius 3 is 2.53 bits per heavy atom. The van der Waals surface area contributed by atoms with Crippen LogP contribution >= 0.6 is 46.4 Å². The van der Waals surface area contributed by atoms with E-state index in [4.69, 9.17) is 30.4 Å². The zero-order chi connectivity index (χ0) is 33.1. The lowest BCUT2D eigenvalue weighted by Gasteiger charge is -2.50. The monoisotopic (exact) mass is 696 g/mol. The largest absolute Gasteiger partial charge is 0.543 e. The zero-order valence-corrected chi connectivity index (χ0v) is 26.5. The molecule has 0 unspecified atom stereocenters. The first kappa shape index (κ1) is 34.9. The number of hydrogen-bond donors (Lipinski definition) is 4. The Kier molecular flexibility index (Phi) is 12.8. The molecule has 2 aliphatic rings. The van der Waals surface area contributed by atoms with Crippen molar-refractivity contribution in [2.75, 3.05) is 18.1 Å². The van der Waals surface area contributed by atoms with Crippen LogP contribution in [0.2, 0.25) is 0 Å². The zero-order valence-electron chi connectivity index (χ0n) is 23.3. The van der Waals surface area contributed by atoms with Crippen LogP contribution in [0.25, 0.3) is 11.3 Å². The maximum Gasteiger partial charge on any atom is 0.290 e. The summed E-state index contributed by atoms with van der Waals surface area (Å²) < 4.78 is 6.53. The predicted molar refractivity (Wildman–Crippen MR) is 162 cm³/mol. The van der Waals surface area contributed by atoms with Crippen molar-refractivity contribution < 1.29 is 48.7 Å². The van der Waals surface area contributed by atoms with Gasteiger partial charge in [-0.2, -0.15) is 9.36 Å². The molecule has 5 N–H and O–H groups in total. The molecule has 17 nitrogen and oxygen atoms in total. The van der Waals surface area contributed by atoms with Gasteiger partial charge >= 0.3 is 0 Å². The van der Waals surface area contributed by atoms with Crippen LogP contribution in [0.3, 0.4) is 0 Å². The van der Waals surface area contributed by atoms with E-state index in [1.54, 1.807) is 6.92 Å². The summed E-state index contributed by atoms with van der Waals surface area (Å²) in [6.45, 7) is 1.38. The lowest BCUT2D eigenvalue weighted by Crippen LogP contribution is -2.71. The fraction of sp³-hybridized carbons (Fsp3) is 0.250. The number of nitrogens with two attached hydrogens (primary N) is 1. The molecule has 5 rings (SSSR count). The van der Waals surface area contributed by atoms with Gasteiger partial charge in [0.1, 0.15) is 25.1 Å².